The predicted octanol–water partition coefficient (Wildman–Crippen LogP) is 4.88. The number of para-hydroxylation sites is 2. The summed E-state index contributed by atoms with van der Waals surface area (Å²) in [7, 11) is 3.40. The lowest BCUT2D eigenvalue weighted by molar-refractivity contribution is 0.262. The van der Waals surface area contributed by atoms with E-state index >= 15 is 0 Å². The molecule has 7 nitrogen and oxygen atoms in total. The average Bonchev–Trinajstić information content (AvgIpc) is 2.98. The molecule has 31 heavy (non-hydrogen) atoms. The lowest BCUT2D eigenvalue weighted by atomic mass is 10.1. The molecule has 2 N–H and O–H groups in total. The number of aromatic nitrogens is 2. The van der Waals surface area contributed by atoms with Crippen molar-refractivity contribution in [3.63, 3.8) is 0 Å². The van der Waals surface area contributed by atoms with Crippen LogP contribution in [0.3, 0.4) is 0 Å². The van der Waals surface area contributed by atoms with E-state index in [1.165, 1.54) is 4.57 Å². The van der Waals surface area contributed by atoms with Crippen LogP contribution in [0, 0.1) is 0 Å². The monoisotopic (exact) mass is 416 g/mol. The second kappa shape index (κ2) is 8.39. The van der Waals surface area contributed by atoms with Gasteiger partial charge in [0.15, 0.2) is 5.75 Å². The van der Waals surface area contributed by atoms with Crippen LogP contribution in [-0.2, 0) is 20.5 Å². The Kier molecular flexibility index (Phi) is 5.49. The summed E-state index contributed by atoms with van der Waals surface area (Å²) >= 11 is 0. The lowest BCUT2D eigenvalue weighted by Gasteiger charge is -2.15. The number of amides is 2. The number of urea groups is 1. The minimum absolute atomic E-state index is 0.154. The Morgan fingerprint density at radius 3 is 2.19 bits per heavy atom. The number of ether oxygens (including phenoxy) is 1. The van der Waals surface area contributed by atoms with Crippen molar-refractivity contribution in [3.8, 4) is 11.5 Å². The summed E-state index contributed by atoms with van der Waals surface area (Å²) in [6.07, 6.45) is 0.802. The minimum atomic E-state index is -0.390. The van der Waals surface area contributed by atoms with Gasteiger partial charge in [0, 0.05) is 25.8 Å². The molecule has 0 bridgehead atoms. The molecule has 0 saturated carbocycles. The van der Waals surface area contributed by atoms with E-state index in [4.69, 9.17) is 4.74 Å². The summed E-state index contributed by atoms with van der Waals surface area (Å²) in [6.45, 7) is 2.04. The first-order chi connectivity index (χ1) is 15.0. The number of aryl methyl sites for hydroxylation is 3. The van der Waals surface area contributed by atoms with Crippen LogP contribution in [0.4, 0.5) is 16.2 Å². The van der Waals surface area contributed by atoms with Gasteiger partial charge in [-0.3, -0.25) is 9.13 Å². The van der Waals surface area contributed by atoms with Gasteiger partial charge in [-0.05, 0) is 36.2 Å². The number of hydrogen-bond acceptors (Lipinski definition) is 3. The Hall–Kier alpha value is -4.00. The highest BCUT2D eigenvalue weighted by Crippen LogP contribution is 2.33. The maximum atomic E-state index is 12.8. The second-order valence-corrected chi connectivity index (χ2v) is 7.24. The zero-order valence-corrected chi connectivity index (χ0v) is 17.7. The molecule has 0 unspecified atom stereocenters. The molecular formula is C24H24N4O3. The van der Waals surface area contributed by atoms with Gasteiger partial charge in [0.05, 0.1) is 16.7 Å². The fourth-order valence-electron chi connectivity index (χ4n) is 3.55. The first-order valence-electron chi connectivity index (χ1n) is 10.1. The third-order valence-corrected chi connectivity index (χ3v) is 5.24. The molecule has 4 aromatic rings. The number of carbonyl (C=O) groups excluding carboxylic acids is 1. The summed E-state index contributed by atoms with van der Waals surface area (Å²) in [6, 6.07) is 20.1. The molecule has 0 aliphatic heterocycles. The van der Waals surface area contributed by atoms with Gasteiger partial charge < -0.3 is 15.4 Å². The van der Waals surface area contributed by atoms with Gasteiger partial charge in [0.25, 0.3) is 0 Å². The Bertz CT molecular complexity index is 1310. The largest absolute Gasteiger partial charge is 0.455 e. The molecule has 0 atom stereocenters. The van der Waals surface area contributed by atoms with Crippen LogP contribution < -0.4 is 21.1 Å². The SMILES string of the molecule is CCc1ccccc1NC(=O)Nc1cc2c(cc1Oc1ccccc1)n(C)c(=O)n2C. The lowest BCUT2D eigenvalue weighted by Crippen LogP contribution is -2.20. The number of fused-ring (bicyclic) bond motifs is 1. The normalized spacial score (nSPS) is 10.8. The average molecular weight is 416 g/mol. The maximum Gasteiger partial charge on any atom is 0.328 e. The highest BCUT2D eigenvalue weighted by atomic mass is 16.5. The Morgan fingerprint density at radius 2 is 1.48 bits per heavy atom. The van der Waals surface area contributed by atoms with Gasteiger partial charge in [0.2, 0.25) is 0 Å². The number of hydrogen-bond donors (Lipinski definition) is 2. The Balaban J connectivity index is 1.72. The highest BCUT2D eigenvalue weighted by molar-refractivity contribution is 6.02. The van der Waals surface area contributed by atoms with Crippen molar-refractivity contribution in [2.45, 2.75) is 13.3 Å². The van der Waals surface area contributed by atoms with Gasteiger partial charge in [-0.15, -0.1) is 0 Å². The van der Waals surface area contributed by atoms with Crippen molar-refractivity contribution in [1.82, 2.24) is 9.13 Å². The summed E-state index contributed by atoms with van der Waals surface area (Å²) in [5, 5.41) is 5.78. The smallest absolute Gasteiger partial charge is 0.328 e. The standard InChI is InChI=1S/C24H24N4O3/c1-4-16-10-8-9-13-18(16)25-23(29)26-19-14-20-21(28(3)24(30)27(20)2)15-22(19)31-17-11-6-5-7-12-17/h5-15H,4H2,1-3H3,(H2,25,26,29). The van der Waals surface area contributed by atoms with Crippen molar-refractivity contribution < 1.29 is 9.53 Å². The highest BCUT2D eigenvalue weighted by Gasteiger charge is 2.16. The summed E-state index contributed by atoms with van der Waals surface area (Å²) in [5.41, 5.74) is 3.50. The van der Waals surface area contributed by atoms with Crippen molar-refractivity contribution in [3.05, 3.63) is 82.8 Å². The molecule has 4 rings (SSSR count). The molecule has 7 heteroatoms. The quantitative estimate of drug-likeness (QED) is 0.487. The van der Waals surface area contributed by atoms with Crippen LogP contribution >= 0.6 is 0 Å². The van der Waals surface area contributed by atoms with E-state index in [1.807, 2.05) is 61.5 Å². The first-order valence-corrected chi connectivity index (χ1v) is 10.1. The number of imidazole rings is 1. The van der Waals surface area contributed by atoms with Gasteiger partial charge >= 0.3 is 11.7 Å². The van der Waals surface area contributed by atoms with Crippen LogP contribution in [0.2, 0.25) is 0 Å². The number of anilines is 2. The van der Waals surface area contributed by atoms with Crippen LogP contribution in [0.15, 0.2) is 71.5 Å². The first kappa shape index (κ1) is 20.3. The summed E-state index contributed by atoms with van der Waals surface area (Å²) in [4.78, 5) is 25.2. The molecule has 158 valence electrons. The van der Waals surface area contributed by atoms with Crippen LogP contribution in [0.25, 0.3) is 11.0 Å². The third kappa shape index (κ3) is 4.02. The molecule has 0 aliphatic rings. The number of benzene rings is 3. The Labute approximate surface area is 179 Å². The summed E-state index contributed by atoms with van der Waals surface area (Å²) < 4.78 is 9.14. The van der Waals surface area contributed by atoms with Crippen LogP contribution in [-0.4, -0.2) is 15.2 Å². The fourth-order valence-corrected chi connectivity index (χ4v) is 3.55. The molecule has 1 heterocycles. The van der Waals surface area contributed by atoms with Crippen molar-refractivity contribution >= 4 is 28.4 Å². The molecule has 0 aliphatic carbocycles. The molecule has 2 amide bonds. The van der Waals surface area contributed by atoms with E-state index in [0.717, 1.165) is 17.7 Å². The zero-order chi connectivity index (χ0) is 22.0. The molecular weight excluding hydrogens is 392 g/mol. The topological polar surface area (TPSA) is 77.3 Å². The van der Waals surface area contributed by atoms with E-state index in [1.54, 1.807) is 30.8 Å². The van der Waals surface area contributed by atoms with Crippen molar-refractivity contribution in [2.75, 3.05) is 10.6 Å². The van der Waals surface area contributed by atoms with E-state index < -0.39 is 0 Å². The molecule has 3 aromatic carbocycles. The van der Waals surface area contributed by atoms with Crippen LogP contribution in [0.1, 0.15) is 12.5 Å². The third-order valence-electron chi connectivity index (χ3n) is 5.24. The minimum Gasteiger partial charge on any atom is -0.455 e. The maximum absolute atomic E-state index is 12.8. The number of rotatable bonds is 5. The van der Waals surface area contributed by atoms with Crippen molar-refractivity contribution in [1.29, 1.82) is 0 Å². The number of nitrogens with one attached hydrogen (secondary N) is 2. The Morgan fingerprint density at radius 1 is 0.871 bits per heavy atom. The summed E-state index contributed by atoms with van der Waals surface area (Å²) in [5.74, 6) is 1.07. The van der Waals surface area contributed by atoms with E-state index in [2.05, 4.69) is 10.6 Å². The number of nitrogens with zero attached hydrogens (tertiary/aromatic N) is 2. The van der Waals surface area contributed by atoms with E-state index in [9.17, 15) is 9.59 Å². The van der Waals surface area contributed by atoms with Gasteiger partial charge in [-0.2, -0.15) is 0 Å². The van der Waals surface area contributed by atoms with Crippen molar-refractivity contribution in [2.24, 2.45) is 14.1 Å². The van der Waals surface area contributed by atoms with Gasteiger partial charge in [0.1, 0.15) is 5.75 Å². The molecule has 0 saturated heterocycles. The fraction of sp³-hybridized carbons (Fsp3) is 0.167. The number of carbonyl (C=O) groups is 1. The predicted molar refractivity (Wildman–Crippen MR) is 123 cm³/mol. The zero-order valence-electron chi connectivity index (χ0n) is 17.7. The molecule has 0 spiro atoms. The second-order valence-electron chi connectivity index (χ2n) is 7.24. The molecule has 0 fully saturated rings. The molecule has 0 radical (unpaired) electrons. The van der Waals surface area contributed by atoms with Gasteiger partial charge in [-0.1, -0.05) is 43.3 Å². The van der Waals surface area contributed by atoms with E-state index in [-0.39, 0.29) is 11.7 Å². The van der Waals surface area contributed by atoms with E-state index in [0.29, 0.717) is 28.2 Å². The van der Waals surface area contributed by atoms with Gasteiger partial charge in [-0.25, -0.2) is 9.59 Å². The van der Waals surface area contributed by atoms with Crippen LogP contribution in [0.5, 0.6) is 11.5 Å². The molecule has 1 aromatic heterocycles.